The van der Waals surface area contributed by atoms with Crippen LogP contribution in [0.25, 0.3) is 5.69 Å². The Labute approximate surface area is 129 Å². The van der Waals surface area contributed by atoms with Gasteiger partial charge in [-0.25, -0.2) is 18.2 Å². The molecule has 0 saturated carbocycles. The van der Waals surface area contributed by atoms with E-state index in [9.17, 15) is 8.42 Å². The van der Waals surface area contributed by atoms with Crippen molar-refractivity contribution in [1.29, 1.82) is 0 Å². The van der Waals surface area contributed by atoms with E-state index in [0.29, 0.717) is 12.0 Å². The number of rotatable bonds is 4. The average molecular weight is 313 g/mol. The van der Waals surface area contributed by atoms with Crippen LogP contribution in [0.5, 0.6) is 0 Å². The molecule has 0 unspecified atom stereocenters. The SMILES string of the molecule is NS(=O)(=O)c1ccccc1Cc1ccc(-n2cccn2)cc1. The number of nitrogens with zero attached hydrogens (tertiary/aromatic N) is 2. The van der Waals surface area contributed by atoms with Crippen molar-refractivity contribution in [2.24, 2.45) is 5.14 Å². The van der Waals surface area contributed by atoms with Gasteiger partial charge >= 0.3 is 0 Å². The maximum absolute atomic E-state index is 11.6. The highest BCUT2D eigenvalue weighted by Crippen LogP contribution is 2.19. The molecule has 112 valence electrons. The van der Waals surface area contributed by atoms with Crippen molar-refractivity contribution in [1.82, 2.24) is 9.78 Å². The fourth-order valence-electron chi connectivity index (χ4n) is 2.34. The zero-order chi connectivity index (χ0) is 15.6. The summed E-state index contributed by atoms with van der Waals surface area (Å²) < 4.78 is 25.0. The summed E-state index contributed by atoms with van der Waals surface area (Å²) in [6.45, 7) is 0. The third kappa shape index (κ3) is 3.08. The first-order chi connectivity index (χ1) is 10.5. The maximum Gasteiger partial charge on any atom is 0.238 e. The van der Waals surface area contributed by atoms with Crippen molar-refractivity contribution in [3.63, 3.8) is 0 Å². The number of benzene rings is 2. The first kappa shape index (κ1) is 14.5. The molecular formula is C16H15N3O2S. The highest BCUT2D eigenvalue weighted by atomic mass is 32.2. The summed E-state index contributed by atoms with van der Waals surface area (Å²) in [6, 6.07) is 16.4. The van der Waals surface area contributed by atoms with Crippen LogP contribution < -0.4 is 5.14 Å². The van der Waals surface area contributed by atoms with Crippen molar-refractivity contribution < 1.29 is 8.42 Å². The smallest absolute Gasteiger partial charge is 0.238 e. The van der Waals surface area contributed by atoms with E-state index >= 15 is 0 Å². The molecule has 3 aromatic rings. The Morgan fingerprint density at radius 3 is 2.36 bits per heavy atom. The van der Waals surface area contributed by atoms with Gasteiger partial charge in [0.05, 0.1) is 10.6 Å². The Balaban J connectivity index is 1.89. The Bertz CT molecular complexity index is 870. The van der Waals surface area contributed by atoms with E-state index in [4.69, 9.17) is 5.14 Å². The highest BCUT2D eigenvalue weighted by molar-refractivity contribution is 7.89. The van der Waals surface area contributed by atoms with Gasteiger partial charge in [0.2, 0.25) is 10.0 Å². The minimum Gasteiger partial charge on any atom is -0.241 e. The topological polar surface area (TPSA) is 78.0 Å². The van der Waals surface area contributed by atoms with E-state index in [2.05, 4.69) is 5.10 Å². The van der Waals surface area contributed by atoms with E-state index < -0.39 is 10.0 Å². The lowest BCUT2D eigenvalue weighted by Crippen LogP contribution is -2.14. The molecule has 0 aliphatic rings. The Morgan fingerprint density at radius 1 is 1.00 bits per heavy atom. The number of hydrogen-bond acceptors (Lipinski definition) is 3. The quantitative estimate of drug-likeness (QED) is 0.801. The van der Waals surface area contributed by atoms with Gasteiger partial charge in [0.1, 0.15) is 0 Å². The van der Waals surface area contributed by atoms with Crippen molar-refractivity contribution in [2.75, 3.05) is 0 Å². The van der Waals surface area contributed by atoms with Gasteiger partial charge in [0, 0.05) is 12.4 Å². The van der Waals surface area contributed by atoms with Crippen LogP contribution in [0.15, 0.2) is 71.9 Å². The van der Waals surface area contributed by atoms with Crippen molar-refractivity contribution in [2.45, 2.75) is 11.3 Å². The van der Waals surface area contributed by atoms with Crippen LogP contribution in [-0.4, -0.2) is 18.2 Å². The van der Waals surface area contributed by atoms with Gasteiger partial charge in [-0.2, -0.15) is 5.10 Å². The fraction of sp³-hybridized carbons (Fsp3) is 0.0625. The molecule has 3 rings (SSSR count). The normalized spacial score (nSPS) is 11.5. The maximum atomic E-state index is 11.6. The molecule has 6 heteroatoms. The van der Waals surface area contributed by atoms with Gasteiger partial charge in [-0.05, 0) is 41.8 Å². The first-order valence-electron chi connectivity index (χ1n) is 6.74. The van der Waals surface area contributed by atoms with Gasteiger partial charge in [-0.15, -0.1) is 0 Å². The van der Waals surface area contributed by atoms with Crippen LogP contribution in [0.1, 0.15) is 11.1 Å². The highest BCUT2D eigenvalue weighted by Gasteiger charge is 2.13. The molecular weight excluding hydrogens is 298 g/mol. The molecule has 0 fully saturated rings. The fourth-order valence-corrected chi connectivity index (χ4v) is 3.11. The van der Waals surface area contributed by atoms with Gasteiger partial charge in [-0.1, -0.05) is 30.3 Å². The molecule has 0 amide bonds. The summed E-state index contributed by atoms with van der Waals surface area (Å²) in [5, 5.41) is 9.43. The number of sulfonamides is 1. The third-order valence-corrected chi connectivity index (χ3v) is 4.39. The summed E-state index contributed by atoms with van der Waals surface area (Å²) in [4.78, 5) is 0.172. The third-order valence-electron chi connectivity index (χ3n) is 3.38. The van der Waals surface area contributed by atoms with E-state index in [0.717, 1.165) is 11.3 Å². The lowest BCUT2D eigenvalue weighted by molar-refractivity contribution is 0.597. The largest absolute Gasteiger partial charge is 0.241 e. The summed E-state index contributed by atoms with van der Waals surface area (Å²) in [7, 11) is -3.71. The Hall–Kier alpha value is -2.44. The number of aromatic nitrogens is 2. The second-order valence-electron chi connectivity index (χ2n) is 4.95. The molecule has 0 saturated heterocycles. The molecule has 2 aromatic carbocycles. The number of nitrogens with two attached hydrogens (primary N) is 1. The lowest BCUT2D eigenvalue weighted by atomic mass is 10.0. The lowest BCUT2D eigenvalue weighted by Gasteiger charge is -2.08. The molecule has 0 aliphatic carbocycles. The average Bonchev–Trinajstić information content (AvgIpc) is 3.02. The van der Waals surface area contributed by atoms with E-state index in [1.807, 2.05) is 42.6 Å². The van der Waals surface area contributed by atoms with Crippen LogP contribution in [0.4, 0.5) is 0 Å². The van der Waals surface area contributed by atoms with Crippen LogP contribution in [0, 0.1) is 0 Å². The van der Waals surface area contributed by atoms with Gasteiger partial charge in [0.15, 0.2) is 0 Å². The molecule has 0 spiro atoms. The Kier molecular flexibility index (Phi) is 3.79. The number of primary sulfonamides is 1. The van der Waals surface area contributed by atoms with Crippen molar-refractivity contribution in [3.8, 4) is 5.69 Å². The van der Waals surface area contributed by atoms with Crippen LogP contribution in [-0.2, 0) is 16.4 Å². The monoisotopic (exact) mass is 313 g/mol. The molecule has 0 radical (unpaired) electrons. The van der Waals surface area contributed by atoms with E-state index in [-0.39, 0.29) is 4.90 Å². The molecule has 1 aromatic heterocycles. The minimum atomic E-state index is -3.71. The van der Waals surface area contributed by atoms with Crippen LogP contribution in [0.2, 0.25) is 0 Å². The molecule has 0 aliphatic heterocycles. The zero-order valence-corrected chi connectivity index (χ0v) is 12.6. The van der Waals surface area contributed by atoms with Gasteiger partial charge in [0.25, 0.3) is 0 Å². The number of hydrogen-bond donors (Lipinski definition) is 1. The van der Waals surface area contributed by atoms with Gasteiger partial charge in [-0.3, -0.25) is 0 Å². The van der Waals surface area contributed by atoms with Crippen molar-refractivity contribution >= 4 is 10.0 Å². The summed E-state index contributed by atoms with van der Waals surface area (Å²) in [6.07, 6.45) is 4.09. The molecule has 2 N–H and O–H groups in total. The predicted molar refractivity (Wildman–Crippen MR) is 84.2 cm³/mol. The first-order valence-corrected chi connectivity index (χ1v) is 8.28. The summed E-state index contributed by atoms with van der Waals surface area (Å²) in [5.74, 6) is 0. The molecule has 22 heavy (non-hydrogen) atoms. The second-order valence-corrected chi connectivity index (χ2v) is 6.48. The van der Waals surface area contributed by atoms with E-state index in [1.165, 1.54) is 6.07 Å². The van der Waals surface area contributed by atoms with E-state index in [1.54, 1.807) is 23.0 Å². The summed E-state index contributed by atoms with van der Waals surface area (Å²) >= 11 is 0. The molecule has 5 nitrogen and oxygen atoms in total. The predicted octanol–water partition coefficient (Wildman–Crippen LogP) is 2.11. The second kappa shape index (κ2) is 5.75. The summed E-state index contributed by atoms with van der Waals surface area (Å²) in [5.41, 5.74) is 2.65. The Morgan fingerprint density at radius 2 is 1.73 bits per heavy atom. The molecule has 0 atom stereocenters. The minimum absolute atomic E-state index is 0.172. The zero-order valence-electron chi connectivity index (χ0n) is 11.8. The van der Waals surface area contributed by atoms with Gasteiger partial charge < -0.3 is 0 Å². The molecule has 0 bridgehead atoms. The van der Waals surface area contributed by atoms with Crippen LogP contribution in [0.3, 0.4) is 0 Å². The van der Waals surface area contributed by atoms with Crippen molar-refractivity contribution in [3.05, 3.63) is 78.1 Å². The molecule has 1 heterocycles. The standard InChI is InChI=1S/C16H15N3O2S/c17-22(20,21)16-5-2-1-4-14(16)12-13-6-8-15(9-7-13)19-11-3-10-18-19/h1-11H,12H2,(H2,17,20,21). The van der Waals surface area contributed by atoms with Crippen LogP contribution >= 0.6 is 0 Å².